The third-order valence-electron chi connectivity index (χ3n) is 5.30. The molecule has 0 bridgehead atoms. The SMILES string of the molecule is CC1CNC(C)(C2CC2)CN1CC1CC=CCC1. The molecule has 1 heterocycles. The fourth-order valence-electron chi connectivity index (χ4n) is 3.74. The van der Waals surface area contributed by atoms with Gasteiger partial charge in [-0.2, -0.15) is 0 Å². The largest absolute Gasteiger partial charge is 0.308 e. The molecular formula is C16H28N2. The minimum Gasteiger partial charge on any atom is -0.308 e. The van der Waals surface area contributed by atoms with E-state index in [4.69, 9.17) is 0 Å². The lowest BCUT2D eigenvalue weighted by molar-refractivity contribution is 0.0677. The molecule has 0 amide bonds. The van der Waals surface area contributed by atoms with E-state index in [0.717, 1.165) is 11.8 Å². The minimum atomic E-state index is 0.400. The molecule has 1 saturated carbocycles. The van der Waals surface area contributed by atoms with E-state index in [2.05, 4.69) is 36.2 Å². The molecule has 1 N–H and O–H groups in total. The lowest BCUT2D eigenvalue weighted by Gasteiger charge is -2.47. The second-order valence-corrected chi connectivity index (χ2v) is 7.00. The van der Waals surface area contributed by atoms with Crippen molar-refractivity contribution >= 4 is 0 Å². The topological polar surface area (TPSA) is 15.3 Å². The van der Waals surface area contributed by atoms with Crippen molar-refractivity contribution < 1.29 is 0 Å². The fourth-order valence-corrected chi connectivity index (χ4v) is 3.74. The van der Waals surface area contributed by atoms with Crippen LogP contribution in [0.5, 0.6) is 0 Å². The molecule has 3 atom stereocenters. The van der Waals surface area contributed by atoms with E-state index in [-0.39, 0.29) is 0 Å². The molecular weight excluding hydrogens is 220 g/mol. The smallest absolute Gasteiger partial charge is 0.0309 e. The molecule has 2 nitrogen and oxygen atoms in total. The highest BCUT2D eigenvalue weighted by Crippen LogP contribution is 2.41. The van der Waals surface area contributed by atoms with Gasteiger partial charge in [-0.15, -0.1) is 0 Å². The van der Waals surface area contributed by atoms with Gasteiger partial charge in [0.2, 0.25) is 0 Å². The molecule has 0 aromatic heterocycles. The van der Waals surface area contributed by atoms with E-state index in [1.54, 1.807) is 0 Å². The monoisotopic (exact) mass is 248 g/mol. The fraction of sp³-hybridized carbons (Fsp3) is 0.875. The predicted molar refractivity (Wildman–Crippen MR) is 76.6 cm³/mol. The zero-order valence-corrected chi connectivity index (χ0v) is 12.0. The highest BCUT2D eigenvalue weighted by molar-refractivity contribution is 5.04. The Kier molecular flexibility index (Phi) is 3.50. The molecule has 102 valence electrons. The maximum absolute atomic E-state index is 3.82. The Labute approximate surface area is 112 Å². The molecule has 1 aliphatic heterocycles. The van der Waals surface area contributed by atoms with Crippen molar-refractivity contribution in [2.45, 2.75) is 57.5 Å². The van der Waals surface area contributed by atoms with Crippen LogP contribution in [0.3, 0.4) is 0 Å². The van der Waals surface area contributed by atoms with Crippen LogP contribution in [0.2, 0.25) is 0 Å². The lowest BCUT2D eigenvalue weighted by Crippen LogP contribution is -2.63. The molecule has 0 aromatic carbocycles. The van der Waals surface area contributed by atoms with Crippen molar-refractivity contribution in [2.24, 2.45) is 11.8 Å². The highest BCUT2D eigenvalue weighted by Gasteiger charge is 2.45. The lowest BCUT2D eigenvalue weighted by atomic mass is 9.88. The third-order valence-corrected chi connectivity index (χ3v) is 5.30. The Morgan fingerprint density at radius 1 is 1.28 bits per heavy atom. The van der Waals surface area contributed by atoms with Crippen LogP contribution < -0.4 is 5.32 Å². The number of nitrogens with one attached hydrogen (secondary N) is 1. The van der Waals surface area contributed by atoms with Crippen LogP contribution in [0.25, 0.3) is 0 Å². The van der Waals surface area contributed by atoms with Gasteiger partial charge in [0.05, 0.1) is 0 Å². The first kappa shape index (κ1) is 12.7. The molecule has 2 aliphatic carbocycles. The zero-order chi connectivity index (χ0) is 12.6. The number of allylic oxidation sites excluding steroid dienone is 2. The van der Waals surface area contributed by atoms with Crippen LogP contribution in [0.15, 0.2) is 12.2 Å². The van der Waals surface area contributed by atoms with Gasteiger partial charge < -0.3 is 5.32 Å². The summed E-state index contributed by atoms with van der Waals surface area (Å²) in [7, 11) is 0. The summed E-state index contributed by atoms with van der Waals surface area (Å²) in [5.74, 6) is 1.85. The van der Waals surface area contributed by atoms with Crippen molar-refractivity contribution in [2.75, 3.05) is 19.6 Å². The van der Waals surface area contributed by atoms with E-state index in [1.807, 2.05) is 0 Å². The number of hydrogen-bond acceptors (Lipinski definition) is 2. The first-order chi connectivity index (χ1) is 8.67. The second-order valence-electron chi connectivity index (χ2n) is 7.00. The summed E-state index contributed by atoms with van der Waals surface area (Å²) in [6, 6.07) is 0.711. The van der Waals surface area contributed by atoms with Gasteiger partial charge >= 0.3 is 0 Å². The minimum absolute atomic E-state index is 0.400. The third kappa shape index (κ3) is 2.65. The summed E-state index contributed by atoms with van der Waals surface area (Å²) in [5.41, 5.74) is 0.400. The molecule has 0 spiro atoms. The van der Waals surface area contributed by atoms with E-state index < -0.39 is 0 Å². The quantitative estimate of drug-likeness (QED) is 0.773. The molecule has 3 rings (SSSR count). The summed E-state index contributed by atoms with van der Waals surface area (Å²) < 4.78 is 0. The van der Waals surface area contributed by atoms with Crippen molar-refractivity contribution in [3.8, 4) is 0 Å². The van der Waals surface area contributed by atoms with E-state index in [0.29, 0.717) is 11.6 Å². The van der Waals surface area contributed by atoms with Crippen molar-refractivity contribution in [3.05, 3.63) is 12.2 Å². The van der Waals surface area contributed by atoms with Gasteiger partial charge in [-0.1, -0.05) is 12.2 Å². The maximum Gasteiger partial charge on any atom is 0.0309 e. The number of nitrogens with zero attached hydrogens (tertiary/aromatic N) is 1. The molecule has 1 saturated heterocycles. The zero-order valence-electron chi connectivity index (χ0n) is 12.0. The number of rotatable bonds is 3. The van der Waals surface area contributed by atoms with Gasteiger partial charge in [0.1, 0.15) is 0 Å². The second kappa shape index (κ2) is 4.97. The van der Waals surface area contributed by atoms with E-state index >= 15 is 0 Å². The van der Waals surface area contributed by atoms with E-state index in [9.17, 15) is 0 Å². The molecule has 0 aromatic rings. The summed E-state index contributed by atoms with van der Waals surface area (Å²) >= 11 is 0. The molecule has 2 fully saturated rings. The van der Waals surface area contributed by atoms with Gasteiger partial charge in [-0.25, -0.2) is 0 Å². The first-order valence-electron chi connectivity index (χ1n) is 7.81. The Balaban J connectivity index is 1.60. The van der Waals surface area contributed by atoms with Crippen molar-refractivity contribution in [1.29, 1.82) is 0 Å². The van der Waals surface area contributed by atoms with Gasteiger partial charge in [0, 0.05) is 31.2 Å². The van der Waals surface area contributed by atoms with E-state index in [1.165, 1.54) is 51.7 Å². The highest BCUT2D eigenvalue weighted by atomic mass is 15.3. The number of piperazine rings is 1. The van der Waals surface area contributed by atoms with Gasteiger partial charge in [-0.3, -0.25) is 4.90 Å². The standard InChI is InChI=1S/C16H28N2/c1-13-10-17-16(2,15-8-9-15)12-18(13)11-14-6-4-3-5-7-14/h3-4,13-15,17H,5-12H2,1-2H3. The average Bonchev–Trinajstić information content (AvgIpc) is 3.20. The number of hydrogen-bond donors (Lipinski definition) is 1. The van der Waals surface area contributed by atoms with Gasteiger partial charge in [0.15, 0.2) is 0 Å². The molecule has 3 unspecified atom stereocenters. The Morgan fingerprint density at radius 3 is 2.78 bits per heavy atom. The summed E-state index contributed by atoms with van der Waals surface area (Å²) in [4.78, 5) is 2.76. The summed E-state index contributed by atoms with van der Waals surface area (Å²) in [6.45, 7) is 8.59. The molecule has 3 aliphatic rings. The Bertz CT molecular complexity index is 321. The van der Waals surface area contributed by atoms with Crippen molar-refractivity contribution in [1.82, 2.24) is 10.2 Å². The molecule has 18 heavy (non-hydrogen) atoms. The van der Waals surface area contributed by atoms with Gasteiger partial charge in [0.25, 0.3) is 0 Å². The van der Waals surface area contributed by atoms with Crippen LogP contribution in [-0.2, 0) is 0 Å². The van der Waals surface area contributed by atoms with Crippen LogP contribution in [0, 0.1) is 11.8 Å². The van der Waals surface area contributed by atoms with Crippen LogP contribution in [-0.4, -0.2) is 36.1 Å². The maximum atomic E-state index is 3.82. The van der Waals surface area contributed by atoms with Crippen LogP contribution in [0.4, 0.5) is 0 Å². The molecule has 2 heteroatoms. The Morgan fingerprint density at radius 2 is 2.11 bits per heavy atom. The predicted octanol–water partition coefficient (Wildman–Crippen LogP) is 2.81. The Hall–Kier alpha value is -0.340. The average molecular weight is 248 g/mol. The summed E-state index contributed by atoms with van der Waals surface area (Å²) in [6.07, 6.45) is 11.6. The van der Waals surface area contributed by atoms with Crippen LogP contribution in [0.1, 0.15) is 46.0 Å². The van der Waals surface area contributed by atoms with Crippen molar-refractivity contribution in [3.63, 3.8) is 0 Å². The first-order valence-corrected chi connectivity index (χ1v) is 7.81. The normalized spacial score (nSPS) is 42.1. The van der Waals surface area contributed by atoms with Crippen LogP contribution >= 0.6 is 0 Å². The molecule has 0 radical (unpaired) electrons. The van der Waals surface area contributed by atoms with Gasteiger partial charge in [-0.05, 0) is 57.8 Å². The summed E-state index contributed by atoms with van der Waals surface area (Å²) in [5, 5.41) is 3.82.